The minimum Gasteiger partial charge on any atom is -0.481 e. The first-order valence-electron chi connectivity index (χ1n) is 9.19. The van der Waals surface area contributed by atoms with Crippen LogP contribution in [0.25, 0.3) is 0 Å². The molecule has 2 amide bonds. The lowest BCUT2D eigenvalue weighted by molar-refractivity contribution is -0.140. The first kappa shape index (κ1) is 29.9. The zero-order valence-electron chi connectivity index (χ0n) is 17.7. The van der Waals surface area contributed by atoms with Crippen LogP contribution in [0.3, 0.4) is 0 Å². The number of carbonyl (C=O) groups excluding carboxylic acids is 2. The summed E-state index contributed by atoms with van der Waals surface area (Å²) in [5, 5.41) is 57.9. The molecule has 8 N–H and O–H groups in total. The van der Waals surface area contributed by atoms with Gasteiger partial charge in [0, 0.05) is 23.9 Å². The molecule has 0 bridgehead atoms. The number of nitrogens with one attached hydrogen (secondary N) is 2. The highest BCUT2D eigenvalue weighted by Gasteiger charge is 2.33. The van der Waals surface area contributed by atoms with Crippen LogP contribution in [0.1, 0.15) is 40.5 Å². The Morgan fingerprint density at radius 1 is 0.700 bits per heavy atom. The van der Waals surface area contributed by atoms with Crippen LogP contribution in [0, 0.1) is 10.8 Å². The molecule has 0 aliphatic rings. The average Bonchev–Trinajstić information content (AvgIpc) is 2.66. The molecule has 30 heavy (non-hydrogen) atoms. The fraction of sp³-hybridized carbons (Fsp3) is 0.778. The number of rotatable bonds is 12. The molecule has 0 unspecified atom stereocenters. The maximum atomic E-state index is 11.3. The van der Waals surface area contributed by atoms with E-state index in [9.17, 15) is 29.4 Å². The molecule has 0 heterocycles. The van der Waals surface area contributed by atoms with Crippen molar-refractivity contribution in [2.24, 2.45) is 10.8 Å². The van der Waals surface area contributed by atoms with E-state index < -0.39 is 46.8 Å². The van der Waals surface area contributed by atoms with Crippen molar-refractivity contribution in [1.29, 1.82) is 0 Å². The Morgan fingerprint density at radius 3 is 1.17 bits per heavy atom. The Balaban J connectivity index is 0. The lowest BCUT2D eigenvalue weighted by atomic mass is 9.87. The predicted molar refractivity (Wildman–Crippen MR) is 104 cm³/mol. The van der Waals surface area contributed by atoms with Crippen LogP contribution in [0.15, 0.2) is 0 Å². The van der Waals surface area contributed by atoms with Gasteiger partial charge in [-0.25, -0.2) is 0 Å². The maximum Gasteiger partial charge on any atom is 0.305 e. The molecule has 0 saturated carbocycles. The van der Waals surface area contributed by atoms with Gasteiger partial charge in [0.1, 0.15) is 12.2 Å². The van der Waals surface area contributed by atoms with E-state index in [0.717, 1.165) is 0 Å². The van der Waals surface area contributed by atoms with Gasteiger partial charge < -0.3 is 41.3 Å². The highest BCUT2D eigenvalue weighted by atomic mass is 16.4. The molecular weight excluding hydrogens is 404 g/mol. The van der Waals surface area contributed by atoms with Crippen LogP contribution < -0.4 is 10.6 Å². The summed E-state index contributed by atoms with van der Waals surface area (Å²) in [5.74, 6) is -3.39. The van der Waals surface area contributed by atoms with Crippen molar-refractivity contribution in [3.8, 4) is 0 Å². The van der Waals surface area contributed by atoms with Crippen LogP contribution in [0.2, 0.25) is 0 Å². The van der Waals surface area contributed by atoms with E-state index in [4.69, 9.17) is 20.4 Å². The van der Waals surface area contributed by atoms with Crippen molar-refractivity contribution in [3.05, 3.63) is 0 Å². The van der Waals surface area contributed by atoms with Gasteiger partial charge in [-0.1, -0.05) is 27.7 Å². The summed E-state index contributed by atoms with van der Waals surface area (Å²) in [6.45, 7) is 5.41. The average molecular weight is 438 g/mol. The molecular formula is C18H34N2O10. The quantitative estimate of drug-likeness (QED) is 0.166. The highest BCUT2D eigenvalue weighted by Crippen LogP contribution is 2.20. The van der Waals surface area contributed by atoms with E-state index in [1.54, 1.807) is 0 Å². The van der Waals surface area contributed by atoms with Gasteiger partial charge in [-0.3, -0.25) is 19.2 Å². The number of carbonyl (C=O) groups is 4. The highest BCUT2D eigenvalue weighted by molar-refractivity contribution is 5.82. The third kappa shape index (κ3) is 12.3. The van der Waals surface area contributed by atoms with Gasteiger partial charge in [0.05, 0.1) is 26.1 Å². The first-order valence-corrected chi connectivity index (χ1v) is 9.19. The van der Waals surface area contributed by atoms with Gasteiger partial charge in [0.15, 0.2) is 0 Å². The van der Waals surface area contributed by atoms with Crippen molar-refractivity contribution in [2.45, 2.75) is 52.7 Å². The fourth-order valence-corrected chi connectivity index (χ4v) is 1.66. The summed E-state index contributed by atoms with van der Waals surface area (Å²) in [7, 11) is 0. The standard InChI is InChI=1S/2C9H17NO5/c2*1-9(2,5-11)7(14)8(15)10-4-3-6(12)13/h2*7,11,14H,3-5H2,1-2H3,(H,10,15)(H,12,13)/t2*7-/m11/s1. The number of aliphatic hydroxyl groups is 4. The fourth-order valence-electron chi connectivity index (χ4n) is 1.66. The molecule has 176 valence electrons. The summed E-state index contributed by atoms with van der Waals surface area (Å²) in [5.41, 5.74) is -1.87. The number of amides is 2. The van der Waals surface area contributed by atoms with Crippen LogP contribution in [-0.4, -0.2) is 92.9 Å². The van der Waals surface area contributed by atoms with Gasteiger partial charge in [0.25, 0.3) is 0 Å². The van der Waals surface area contributed by atoms with E-state index in [1.807, 2.05) is 0 Å². The van der Waals surface area contributed by atoms with Gasteiger partial charge in [0.2, 0.25) is 11.8 Å². The minimum atomic E-state index is -1.35. The summed E-state index contributed by atoms with van der Waals surface area (Å²) < 4.78 is 0. The van der Waals surface area contributed by atoms with Crippen molar-refractivity contribution in [2.75, 3.05) is 26.3 Å². The van der Waals surface area contributed by atoms with Crippen LogP contribution in [0.5, 0.6) is 0 Å². The largest absolute Gasteiger partial charge is 0.481 e. The van der Waals surface area contributed by atoms with Crippen molar-refractivity contribution in [1.82, 2.24) is 10.6 Å². The third-order valence-electron chi connectivity index (χ3n) is 4.07. The lowest BCUT2D eigenvalue weighted by Crippen LogP contribution is -2.45. The SMILES string of the molecule is CC(C)(CO)[C@H](O)C(=O)NCCC(=O)O.CC(C)(CO)[C@H](O)C(=O)NCCC(=O)O. The normalized spacial score (nSPS) is 13.3. The molecule has 12 heteroatoms. The first-order chi connectivity index (χ1) is 13.6. The molecule has 0 aliphatic carbocycles. The second-order valence-electron chi connectivity index (χ2n) is 7.97. The number of hydrogen-bond acceptors (Lipinski definition) is 8. The summed E-state index contributed by atoms with van der Waals surface area (Å²) in [4.78, 5) is 42.8. The number of aliphatic carboxylic acids is 2. The topological polar surface area (TPSA) is 214 Å². The van der Waals surface area contributed by atoms with Gasteiger partial charge in [-0.2, -0.15) is 0 Å². The summed E-state index contributed by atoms with van der Waals surface area (Å²) >= 11 is 0. The van der Waals surface area contributed by atoms with Crippen molar-refractivity contribution < 1.29 is 49.8 Å². The Kier molecular flexibility index (Phi) is 13.8. The Labute approximate surface area is 174 Å². The number of aliphatic hydroxyl groups excluding tert-OH is 4. The summed E-state index contributed by atoms with van der Waals surface area (Å²) in [6, 6.07) is 0. The maximum absolute atomic E-state index is 11.3. The van der Waals surface area contributed by atoms with E-state index in [0.29, 0.717) is 0 Å². The van der Waals surface area contributed by atoms with E-state index in [1.165, 1.54) is 27.7 Å². The van der Waals surface area contributed by atoms with E-state index >= 15 is 0 Å². The smallest absolute Gasteiger partial charge is 0.305 e. The monoisotopic (exact) mass is 438 g/mol. The van der Waals surface area contributed by atoms with Gasteiger partial charge >= 0.3 is 11.9 Å². The number of carboxylic acid groups (broad SMARTS) is 2. The molecule has 0 aromatic carbocycles. The van der Waals surface area contributed by atoms with Crippen molar-refractivity contribution >= 4 is 23.8 Å². The van der Waals surface area contributed by atoms with E-state index in [-0.39, 0.29) is 39.1 Å². The summed E-state index contributed by atoms with van der Waals surface area (Å²) in [6.07, 6.45) is -3.09. The number of carboxylic acids is 2. The molecule has 0 fully saturated rings. The molecule has 0 saturated heterocycles. The second-order valence-corrected chi connectivity index (χ2v) is 7.97. The predicted octanol–water partition coefficient (Wildman–Crippen LogP) is -2.09. The zero-order valence-corrected chi connectivity index (χ0v) is 17.7. The number of hydrogen-bond donors (Lipinski definition) is 8. The second kappa shape index (κ2) is 13.9. The lowest BCUT2D eigenvalue weighted by Gasteiger charge is -2.26. The van der Waals surface area contributed by atoms with Gasteiger partial charge in [-0.05, 0) is 0 Å². The van der Waals surface area contributed by atoms with Gasteiger partial charge in [-0.15, -0.1) is 0 Å². The molecule has 0 aromatic heterocycles. The molecule has 12 nitrogen and oxygen atoms in total. The molecule has 0 spiro atoms. The molecule has 0 rings (SSSR count). The zero-order chi connectivity index (χ0) is 24.1. The molecule has 0 radical (unpaired) electrons. The van der Waals surface area contributed by atoms with Crippen molar-refractivity contribution in [3.63, 3.8) is 0 Å². The van der Waals surface area contributed by atoms with Crippen LogP contribution in [0.4, 0.5) is 0 Å². The minimum absolute atomic E-state index is 0.0350. The third-order valence-corrected chi connectivity index (χ3v) is 4.07. The molecule has 0 aromatic rings. The Hall–Kier alpha value is -2.28. The Morgan fingerprint density at radius 2 is 0.967 bits per heavy atom. The van der Waals surface area contributed by atoms with Crippen LogP contribution in [-0.2, 0) is 19.2 Å². The van der Waals surface area contributed by atoms with Crippen LogP contribution >= 0.6 is 0 Å². The van der Waals surface area contributed by atoms with E-state index in [2.05, 4.69) is 10.6 Å². The molecule has 0 aliphatic heterocycles. The Bertz CT molecular complexity index is 527. The molecule has 2 atom stereocenters.